The number of terminal acetylenes is 1. The van der Waals surface area contributed by atoms with E-state index in [9.17, 15) is 0 Å². The third kappa shape index (κ3) is 8.45. The fraction of sp³-hybridized carbons (Fsp3) is 0.532. The standard InChI is InChI=1S/C47H64/c1-20-21-22-47(38-26-32(41(2,3)4)23-33(27-38)42(5,6)7,39-28-34(43(8,9)10)24-35(29-39)44(11,12)13)40-30-36(45(14,15)16)25-37(31-40)46(17,18)19/h1,23-31H,2-19H3. The highest BCUT2D eigenvalue weighted by molar-refractivity contribution is 5.64. The highest BCUT2D eigenvalue weighted by atomic mass is 14.4. The van der Waals surface area contributed by atoms with E-state index in [1.807, 2.05) is 0 Å². The summed E-state index contributed by atoms with van der Waals surface area (Å²) in [4.78, 5) is 0. The molecular formula is C47H64. The average Bonchev–Trinajstić information content (AvgIpc) is 2.90. The molecule has 0 unspecified atom stereocenters. The van der Waals surface area contributed by atoms with Crippen LogP contribution in [-0.2, 0) is 37.9 Å². The zero-order valence-electron chi connectivity index (χ0n) is 33.3. The lowest BCUT2D eigenvalue weighted by Crippen LogP contribution is -2.32. The van der Waals surface area contributed by atoms with Gasteiger partial charge in [-0.25, -0.2) is 0 Å². The van der Waals surface area contributed by atoms with Crippen molar-refractivity contribution in [2.24, 2.45) is 0 Å². The predicted molar refractivity (Wildman–Crippen MR) is 208 cm³/mol. The van der Waals surface area contributed by atoms with Gasteiger partial charge in [0.2, 0.25) is 0 Å². The van der Waals surface area contributed by atoms with Gasteiger partial charge in [-0.3, -0.25) is 0 Å². The van der Waals surface area contributed by atoms with Crippen LogP contribution in [0.2, 0.25) is 0 Å². The lowest BCUT2D eigenvalue weighted by atomic mass is 9.64. The van der Waals surface area contributed by atoms with E-state index in [1.54, 1.807) is 0 Å². The molecule has 0 bridgehead atoms. The smallest absolute Gasteiger partial charge is 0.106 e. The van der Waals surface area contributed by atoms with E-state index in [-0.39, 0.29) is 32.5 Å². The summed E-state index contributed by atoms with van der Waals surface area (Å²) in [6.07, 6.45) is 6.04. The minimum Gasteiger partial charge on any atom is -0.106 e. The zero-order chi connectivity index (χ0) is 36.2. The maximum atomic E-state index is 6.04. The minimum atomic E-state index is -0.823. The zero-order valence-corrected chi connectivity index (χ0v) is 33.3. The van der Waals surface area contributed by atoms with Gasteiger partial charge in [0.15, 0.2) is 0 Å². The Bertz CT molecular complexity index is 1430. The molecule has 252 valence electrons. The summed E-state index contributed by atoms with van der Waals surface area (Å²) in [7, 11) is 0. The molecule has 0 radical (unpaired) electrons. The Balaban J connectivity index is 2.85. The van der Waals surface area contributed by atoms with Crippen molar-refractivity contribution >= 4 is 0 Å². The molecule has 0 heterocycles. The van der Waals surface area contributed by atoms with Crippen molar-refractivity contribution in [3.63, 3.8) is 0 Å². The van der Waals surface area contributed by atoms with Gasteiger partial charge in [-0.15, -0.1) is 6.42 Å². The summed E-state index contributed by atoms with van der Waals surface area (Å²) in [5.41, 5.74) is 10.2. The summed E-state index contributed by atoms with van der Waals surface area (Å²) >= 11 is 0. The number of benzene rings is 3. The number of rotatable bonds is 3. The molecule has 0 saturated carbocycles. The second-order valence-corrected chi connectivity index (χ2v) is 20.0. The molecular weight excluding hydrogens is 565 g/mol. The quantitative estimate of drug-likeness (QED) is 0.200. The van der Waals surface area contributed by atoms with Crippen LogP contribution in [0.5, 0.6) is 0 Å². The van der Waals surface area contributed by atoms with E-state index in [1.165, 1.54) is 50.1 Å². The lowest BCUT2D eigenvalue weighted by Gasteiger charge is -2.38. The topological polar surface area (TPSA) is 0 Å². The Morgan fingerprint density at radius 3 is 0.638 bits per heavy atom. The molecule has 3 aromatic rings. The van der Waals surface area contributed by atoms with Crippen molar-refractivity contribution < 1.29 is 0 Å². The number of hydrogen-bond donors (Lipinski definition) is 0. The maximum Gasteiger partial charge on any atom is 0.107 e. The summed E-state index contributed by atoms with van der Waals surface area (Å²) in [6.45, 7) is 41.6. The maximum absolute atomic E-state index is 6.04. The summed E-state index contributed by atoms with van der Waals surface area (Å²) < 4.78 is 0. The first-order valence-electron chi connectivity index (χ1n) is 17.5. The monoisotopic (exact) mass is 629 g/mol. The van der Waals surface area contributed by atoms with Crippen LogP contribution in [-0.4, -0.2) is 0 Å². The molecule has 0 aliphatic carbocycles. The molecule has 0 spiro atoms. The molecule has 0 aliphatic rings. The Labute approximate surface area is 290 Å². The first-order chi connectivity index (χ1) is 21.0. The van der Waals surface area contributed by atoms with Gasteiger partial charge in [0.25, 0.3) is 0 Å². The van der Waals surface area contributed by atoms with Crippen LogP contribution in [0.15, 0.2) is 54.6 Å². The molecule has 47 heavy (non-hydrogen) atoms. The lowest BCUT2D eigenvalue weighted by molar-refractivity contribution is 0.558. The van der Waals surface area contributed by atoms with Gasteiger partial charge in [-0.2, -0.15) is 0 Å². The molecule has 0 atom stereocenters. The third-order valence-electron chi connectivity index (χ3n) is 9.62. The Morgan fingerprint density at radius 1 is 0.319 bits per heavy atom. The molecule has 0 N–H and O–H groups in total. The van der Waals surface area contributed by atoms with Crippen LogP contribution in [0.3, 0.4) is 0 Å². The Morgan fingerprint density at radius 2 is 0.489 bits per heavy atom. The first kappa shape index (κ1) is 38.2. The molecule has 0 amide bonds. The second-order valence-electron chi connectivity index (χ2n) is 20.0. The van der Waals surface area contributed by atoms with Gasteiger partial charge in [-0.1, -0.05) is 185 Å². The van der Waals surface area contributed by atoms with Crippen molar-refractivity contribution in [3.05, 3.63) is 105 Å². The van der Waals surface area contributed by atoms with Gasteiger partial charge < -0.3 is 0 Å². The highest BCUT2D eigenvalue weighted by Gasteiger charge is 2.40. The Hall–Kier alpha value is -3.22. The van der Waals surface area contributed by atoms with Gasteiger partial charge in [0.05, 0.1) is 0 Å². The largest absolute Gasteiger partial charge is 0.107 e. The summed E-state index contributed by atoms with van der Waals surface area (Å²) in [5.74, 6) is 9.77. The van der Waals surface area contributed by atoms with Crippen LogP contribution in [0, 0.1) is 24.2 Å². The molecule has 0 aliphatic heterocycles. The van der Waals surface area contributed by atoms with Crippen LogP contribution >= 0.6 is 0 Å². The van der Waals surface area contributed by atoms with Gasteiger partial charge in [-0.05, 0) is 94.4 Å². The average molecular weight is 629 g/mol. The van der Waals surface area contributed by atoms with E-state index in [2.05, 4.69) is 197 Å². The second kappa shape index (κ2) is 12.3. The van der Waals surface area contributed by atoms with Crippen molar-refractivity contribution in [2.75, 3.05) is 0 Å². The van der Waals surface area contributed by atoms with Crippen molar-refractivity contribution in [1.82, 2.24) is 0 Å². The molecule has 3 rings (SSSR count). The van der Waals surface area contributed by atoms with Crippen LogP contribution in [0.1, 0.15) is 175 Å². The van der Waals surface area contributed by atoms with Crippen LogP contribution < -0.4 is 0 Å². The third-order valence-corrected chi connectivity index (χ3v) is 9.62. The summed E-state index contributed by atoms with van der Waals surface area (Å²) in [5, 5.41) is 0. The molecule has 0 fully saturated rings. The Kier molecular flexibility index (Phi) is 10.0. The van der Waals surface area contributed by atoms with Crippen LogP contribution in [0.25, 0.3) is 0 Å². The van der Waals surface area contributed by atoms with Gasteiger partial charge in [0, 0.05) is 0 Å². The highest BCUT2D eigenvalue weighted by Crippen LogP contribution is 2.47. The van der Waals surface area contributed by atoms with E-state index in [4.69, 9.17) is 6.42 Å². The minimum absolute atomic E-state index is 0.0606. The van der Waals surface area contributed by atoms with Crippen molar-refractivity contribution in [3.8, 4) is 24.2 Å². The van der Waals surface area contributed by atoms with Gasteiger partial charge in [0.1, 0.15) is 5.41 Å². The van der Waals surface area contributed by atoms with Crippen molar-refractivity contribution in [2.45, 2.75) is 163 Å². The number of hydrogen-bond acceptors (Lipinski definition) is 0. The van der Waals surface area contributed by atoms with E-state index < -0.39 is 5.41 Å². The predicted octanol–water partition coefficient (Wildman–Crippen LogP) is 12.4. The molecule has 0 saturated heterocycles. The molecule has 3 aromatic carbocycles. The molecule has 0 nitrogen and oxygen atoms in total. The van der Waals surface area contributed by atoms with Crippen LogP contribution in [0.4, 0.5) is 0 Å². The van der Waals surface area contributed by atoms with Gasteiger partial charge >= 0.3 is 0 Å². The first-order valence-corrected chi connectivity index (χ1v) is 17.5. The van der Waals surface area contributed by atoms with Crippen molar-refractivity contribution in [1.29, 1.82) is 0 Å². The summed E-state index contributed by atoms with van der Waals surface area (Å²) in [6, 6.07) is 21.7. The fourth-order valence-electron chi connectivity index (χ4n) is 5.98. The molecule has 0 aromatic heterocycles. The van der Waals surface area contributed by atoms with E-state index in [0.717, 1.165) is 0 Å². The fourth-order valence-corrected chi connectivity index (χ4v) is 5.98. The SMILES string of the molecule is C#CC#CC(c1cc(C(C)(C)C)cc(C(C)(C)C)c1)(c1cc(C(C)(C)C)cc(C(C)(C)C)c1)c1cc(C(C)(C)C)cc(C(C)(C)C)c1. The normalized spacial score (nSPS) is 13.6. The molecule has 0 heteroatoms. The van der Waals surface area contributed by atoms with E-state index in [0.29, 0.717) is 0 Å². The van der Waals surface area contributed by atoms with E-state index >= 15 is 0 Å².